The molecule has 3 rings (SSSR count). The van der Waals surface area contributed by atoms with Crippen LogP contribution in [-0.4, -0.2) is 19.7 Å². The van der Waals surface area contributed by atoms with Crippen molar-refractivity contribution in [2.24, 2.45) is 0 Å². The van der Waals surface area contributed by atoms with E-state index in [0.29, 0.717) is 0 Å². The first-order chi connectivity index (χ1) is 14.8. The summed E-state index contributed by atoms with van der Waals surface area (Å²) in [6.45, 7) is 6.34. The molecular weight excluding hydrogens is 441 g/mol. The van der Waals surface area contributed by atoms with Crippen LogP contribution in [0.5, 0.6) is 5.75 Å². The number of carbonyl (C=O) groups is 1. The Labute approximate surface area is 184 Å². The second-order valence-corrected chi connectivity index (χ2v) is 9.75. The average molecular weight is 462 g/mol. The maximum atomic E-state index is 12.8. The summed E-state index contributed by atoms with van der Waals surface area (Å²) in [7, 11) is -5.90. The minimum Gasteiger partial charge on any atom is -0.375 e. The van der Waals surface area contributed by atoms with E-state index in [1.807, 2.05) is 24.3 Å². The third-order valence-electron chi connectivity index (χ3n) is 4.85. The fourth-order valence-corrected chi connectivity index (χ4v) is 3.50. The first-order valence-electron chi connectivity index (χ1n) is 9.65. The molecule has 0 aliphatic rings. The summed E-state index contributed by atoms with van der Waals surface area (Å²) in [5.41, 5.74) is -2.72. The average Bonchev–Trinajstić information content (AvgIpc) is 2.72. The summed E-state index contributed by atoms with van der Waals surface area (Å²) in [6, 6.07) is 19.4. The van der Waals surface area contributed by atoms with Crippen LogP contribution in [-0.2, 0) is 15.5 Å². The molecule has 0 radical (unpaired) electrons. The Morgan fingerprint density at radius 2 is 1.28 bits per heavy atom. The molecule has 0 N–H and O–H groups in total. The van der Waals surface area contributed by atoms with Crippen molar-refractivity contribution in [2.75, 3.05) is 0 Å². The van der Waals surface area contributed by atoms with Gasteiger partial charge in [0.15, 0.2) is 11.5 Å². The molecule has 32 heavy (non-hydrogen) atoms. The number of hydrogen-bond acceptors (Lipinski definition) is 4. The number of hydrogen-bond donors (Lipinski definition) is 0. The van der Waals surface area contributed by atoms with Gasteiger partial charge in [0.1, 0.15) is 0 Å². The lowest BCUT2D eigenvalue weighted by atomic mass is 9.86. The maximum absolute atomic E-state index is 12.8. The third kappa shape index (κ3) is 5.02. The Balaban J connectivity index is 1.87. The van der Waals surface area contributed by atoms with Crippen molar-refractivity contribution in [3.8, 4) is 16.9 Å². The van der Waals surface area contributed by atoms with E-state index in [2.05, 4.69) is 25.0 Å². The van der Waals surface area contributed by atoms with Gasteiger partial charge in [-0.05, 0) is 34.2 Å². The van der Waals surface area contributed by atoms with Gasteiger partial charge in [0.05, 0.1) is 5.56 Å². The molecule has 0 atom stereocenters. The zero-order valence-corrected chi connectivity index (χ0v) is 18.4. The van der Waals surface area contributed by atoms with E-state index in [1.54, 1.807) is 12.1 Å². The van der Waals surface area contributed by atoms with E-state index >= 15 is 0 Å². The van der Waals surface area contributed by atoms with Crippen LogP contribution in [0.4, 0.5) is 13.2 Å². The quantitative estimate of drug-likeness (QED) is 0.261. The molecule has 8 heteroatoms. The van der Waals surface area contributed by atoms with Gasteiger partial charge in [-0.15, -0.1) is 0 Å². The normalized spacial score (nSPS) is 12.4. The van der Waals surface area contributed by atoms with Crippen molar-refractivity contribution >= 4 is 15.9 Å². The number of carbonyl (C=O) groups excluding carboxylic acids is 1. The molecule has 3 aromatic carbocycles. The molecule has 0 aromatic heterocycles. The predicted molar refractivity (Wildman–Crippen MR) is 116 cm³/mol. The maximum Gasteiger partial charge on any atom is 0.534 e. The summed E-state index contributed by atoms with van der Waals surface area (Å²) in [5.74, 6) is -1.34. The summed E-state index contributed by atoms with van der Waals surface area (Å²) in [6.07, 6.45) is 0. The molecule has 0 fully saturated rings. The summed E-state index contributed by atoms with van der Waals surface area (Å²) < 4.78 is 64.9. The zero-order valence-electron chi connectivity index (χ0n) is 17.6. The van der Waals surface area contributed by atoms with Crippen LogP contribution in [0.1, 0.15) is 42.3 Å². The molecule has 0 saturated carbocycles. The Morgan fingerprint density at radius 3 is 1.78 bits per heavy atom. The van der Waals surface area contributed by atoms with E-state index in [9.17, 15) is 26.4 Å². The number of halogens is 3. The second-order valence-electron chi connectivity index (χ2n) is 8.21. The van der Waals surface area contributed by atoms with Gasteiger partial charge in [-0.25, -0.2) is 0 Å². The first-order valence-corrected chi connectivity index (χ1v) is 11.1. The lowest BCUT2D eigenvalue weighted by molar-refractivity contribution is -0.0500. The molecular formula is C24H21F3O4S. The molecule has 4 nitrogen and oxygen atoms in total. The van der Waals surface area contributed by atoms with Gasteiger partial charge in [-0.2, -0.15) is 21.6 Å². The van der Waals surface area contributed by atoms with Gasteiger partial charge < -0.3 is 4.18 Å². The Bertz CT molecular complexity index is 1220. The fourth-order valence-electron chi connectivity index (χ4n) is 3.02. The SMILES string of the molecule is CC(C)(C)c1ccc(-c2ccc(C(=O)c3ccccc3OS(=O)(=O)C(F)(F)F)cc2)cc1. The minimum atomic E-state index is -5.90. The molecule has 0 bridgehead atoms. The molecule has 0 spiro atoms. The molecule has 0 aliphatic carbocycles. The van der Waals surface area contributed by atoms with Crippen LogP contribution >= 0.6 is 0 Å². The fraction of sp³-hybridized carbons (Fsp3) is 0.208. The number of rotatable bonds is 5. The molecule has 0 aliphatic heterocycles. The first kappa shape index (κ1) is 23.5. The summed E-state index contributed by atoms with van der Waals surface area (Å²) in [5, 5.41) is 0. The highest BCUT2D eigenvalue weighted by atomic mass is 32.2. The number of ketones is 1. The van der Waals surface area contributed by atoms with Crippen LogP contribution in [0.25, 0.3) is 11.1 Å². The molecule has 0 unspecified atom stereocenters. The standard InChI is InChI=1S/C24H21F3O4S/c1-23(2,3)19-14-12-17(13-15-19)16-8-10-18(11-9-16)22(28)20-6-4-5-7-21(20)31-32(29,30)24(25,26)27/h4-15H,1-3H3. The Hall–Kier alpha value is -3.13. The van der Waals surface area contributed by atoms with Gasteiger partial charge in [0.25, 0.3) is 0 Å². The van der Waals surface area contributed by atoms with Crippen LogP contribution in [0.3, 0.4) is 0 Å². The highest BCUT2D eigenvalue weighted by Crippen LogP contribution is 2.31. The topological polar surface area (TPSA) is 60.4 Å². The Kier molecular flexibility index (Phi) is 6.20. The van der Waals surface area contributed by atoms with Gasteiger partial charge >= 0.3 is 15.6 Å². The molecule has 0 amide bonds. The van der Waals surface area contributed by atoms with Crippen molar-refractivity contribution < 1.29 is 30.6 Å². The van der Waals surface area contributed by atoms with Gasteiger partial charge in [0, 0.05) is 5.56 Å². The molecule has 0 saturated heterocycles. The largest absolute Gasteiger partial charge is 0.534 e. The van der Waals surface area contributed by atoms with Crippen molar-refractivity contribution in [1.82, 2.24) is 0 Å². The van der Waals surface area contributed by atoms with E-state index in [0.717, 1.165) is 17.2 Å². The van der Waals surface area contributed by atoms with Gasteiger partial charge in [0.2, 0.25) is 0 Å². The number of alkyl halides is 3. The molecule has 3 aromatic rings. The Morgan fingerprint density at radius 1 is 0.781 bits per heavy atom. The summed E-state index contributed by atoms with van der Waals surface area (Å²) in [4.78, 5) is 12.8. The van der Waals surface area contributed by atoms with Crippen LogP contribution in [0.2, 0.25) is 0 Å². The van der Waals surface area contributed by atoms with Crippen molar-refractivity contribution in [2.45, 2.75) is 31.7 Å². The predicted octanol–water partition coefficient (Wildman–Crippen LogP) is 6.11. The van der Waals surface area contributed by atoms with Gasteiger partial charge in [-0.1, -0.05) is 81.4 Å². The highest BCUT2D eigenvalue weighted by molar-refractivity contribution is 7.88. The molecule has 168 valence electrons. The van der Waals surface area contributed by atoms with E-state index < -0.39 is 27.2 Å². The molecule has 0 heterocycles. The van der Waals surface area contributed by atoms with Crippen LogP contribution < -0.4 is 4.18 Å². The van der Waals surface area contributed by atoms with Crippen molar-refractivity contribution in [1.29, 1.82) is 0 Å². The second kappa shape index (κ2) is 8.43. The smallest absolute Gasteiger partial charge is 0.375 e. The lowest BCUT2D eigenvalue weighted by Crippen LogP contribution is -2.28. The third-order valence-corrected chi connectivity index (χ3v) is 5.81. The highest BCUT2D eigenvalue weighted by Gasteiger charge is 2.49. The number of para-hydroxylation sites is 1. The number of benzene rings is 3. The van der Waals surface area contributed by atoms with Crippen molar-refractivity contribution in [3.63, 3.8) is 0 Å². The van der Waals surface area contributed by atoms with Crippen molar-refractivity contribution in [3.05, 3.63) is 89.5 Å². The van der Waals surface area contributed by atoms with Crippen LogP contribution in [0.15, 0.2) is 72.8 Å². The minimum absolute atomic E-state index is 0.0177. The van der Waals surface area contributed by atoms with Crippen LogP contribution in [0, 0.1) is 0 Å². The van der Waals surface area contributed by atoms with Gasteiger partial charge in [-0.3, -0.25) is 4.79 Å². The van der Waals surface area contributed by atoms with E-state index in [1.165, 1.54) is 35.9 Å². The van der Waals surface area contributed by atoms with E-state index in [4.69, 9.17) is 0 Å². The monoisotopic (exact) mass is 462 g/mol. The summed E-state index contributed by atoms with van der Waals surface area (Å²) >= 11 is 0. The zero-order chi connectivity index (χ0) is 23.7. The van der Waals surface area contributed by atoms with E-state index in [-0.39, 0.29) is 16.5 Å². The lowest BCUT2D eigenvalue weighted by Gasteiger charge is -2.19.